The molecule has 3 atom stereocenters. The normalized spacial score (nSPS) is 20.1. The van der Waals surface area contributed by atoms with Gasteiger partial charge in [0.05, 0.1) is 18.8 Å². The van der Waals surface area contributed by atoms with Crippen LogP contribution in [0.2, 0.25) is 0 Å². The van der Waals surface area contributed by atoms with Gasteiger partial charge in [-0.2, -0.15) is 0 Å². The second-order valence-corrected chi connectivity index (χ2v) is 10.7. The first-order valence-electron chi connectivity index (χ1n) is 11.8. The summed E-state index contributed by atoms with van der Waals surface area (Å²) in [5.74, 6) is 0.0657. The van der Waals surface area contributed by atoms with Gasteiger partial charge >= 0.3 is 18.2 Å². The summed E-state index contributed by atoms with van der Waals surface area (Å²) in [7, 11) is 0. The molecule has 0 saturated carbocycles. The molecule has 196 valence electrons. The first-order valence-corrected chi connectivity index (χ1v) is 11.8. The van der Waals surface area contributed by atoms with Gasteiger partial charge in [0.15, 0.2) is 24.4 Å². The maximum atomic E-state index is 13.1. The highest BCUT2D eigenvalue weighted by molar-refractivity contribution is 5.71. The van der Waals surface area contributed by atoms with Gasteiger partial charge in [0.1, 0.15) is 11.2 Å². The fourth-order valence-electron chi connectivity index (χ4n) is 3.87. The minimum absolute atomic E-state index is 0.0209. The molecule has 1 saturated heterocycles. The quantitative estimate of drug-likeness (QED) is 0.421. The Hall–Kier alpha value is -3.56. The van der Waals surface area contributed by atoms with Crippen molar-refractivity contribution in [3.05, 3.63) is 42.4 Å². The monoisotopic (exact) mass is 502 g/mol. The van der Waals surface area contributed by atoms with Crippen molar-refractivity contribution in [1.82, 2.24) is 9.88 Å². The molecular weight excluding hydrogens is 468 g/mol. The van der Waals surface area contributed by atoms with Gasteiger partial charge in [-0.3, -0.25) is 9.69 Å². The number of oxazole rings is 1. The number of rotatable bonds is 5. The molecule has 0 unspecified atom stereocenters. The van der Waals surface area contributed by atoms with Crippen LogP contribution in [-0.2, 0) is 30.2 Å². The van der Waals surface area contributed by atoms with Crippen LogP contribution >= 0.6 is 0 Å². The molecular formula is C26H34N2O8. The summed E-state index contributed by atoms with van der Waals surface area (Å²) in [6, 6.07) is 6.87. The maximum Gasteiger partial charge on any atom is 0.509 e. The summed E-state index contributed by atoms with van der Waals surface area (Å²) >= 11 is 0. The Bertz CT molecular complexity index is 1050. The van der Waals surface area contributed by atoms with E-state index in [1.54, 1.807) is 47.7 Å². The maximum absolute atomic E-state index is 13.1. The standard InChI is InChI=1S/C26H34N2O8/c1-16(29)33-22-19(12-17-8-10-18(11-9-17)20-13-27-15-32-20)28(23(30)35-25(2,3)4)14-21(22)34-24(31)36-26(5,6)7/h8-11,13,15,19,21-22H,12,14H2,1-7H3/t19-,21-,22-/m0/s1. The minimum atomic E-state index is -0.935. The molecule has 0 radical (unpaired) electrons. The van der Waals surface area contributed by atoms with E-state index in [0.717, 1.165) is 11.1 Å². The topological polar surface area (TPSA) is 117 Å². The molecule has 10 heteroatoms. The molecule has 2 aromatic rings. The molecule has 10 nitrogen and oxygen atoms in total. The van der Waals surface area contributed by atoms with Crippen LogP contribution in [-0.4, -0.2) is 64.1 Å². The van der Waals surface area contributed by atoms with Crippen LogP contribution in [0.5, 0.6) is 0 Å². The van der Waals surface area contributed by atoms with Crippen LogP contribution in [0.15, 0.2) is 41.3 Å². The van der Waals surface area contributed by atoms with Crippen LogP contribution in [0.25, 0.3) is 11.3 Å². The average molecular weight is 503 g/mol. The third-order valence-electron chi connectivity index (χ3n) is 5.21. The lowest BCUT2D eigenvalue weighted by Gasteiger charge is -2.30. The molecule has 1 aliphatic heterocycles. The highest BCUT2D eigenvalue weighted by Gasteiger charge is 2.49. The zero-order valence-corrected chi connectivity index (χ0v) is 21.8. The molecule has 0 aliphatic carbocycles. The van der Waals surface area contributed by atoms with E-state index in [0.29, 0.717) is 12.2 Å². The van der Waals surface area contributed by atoms with Gasteiger partial charge in [0, 0.05) is 12.5 Å². The van der Waals surface area contributed by atoms with E-state index in [-0.39, 0.29) is 6.54 Å². The van der Waals surface area contributed by atoms with Gasteiger partial charge in [-0.1, -0.05) is 24.3 Å². The summed E-state index contributed by atoms with van der Waals surface area (Å²) in [5, 5.41) is 0. The Morgan fingerprint density at radius 1 is 1.00 bits per heavy atom. The number of hydrogen-bond donors (Lipinski definition) is 0. The SMILES string of the molecule is CC(=O)O[C@@H]1[C@@H](OC(=O)OC(C)(C)C)CN(C(=O)OC(C)(C)C)[C@H]1Cc1ccc(-c2cnco2)cc1. The third-order valence-corrected chi connectivity index (χ3v) is 5.21. The van der Waals surface area contributed by atoms with Crippen molar-refractivity contribution in [2.24, 2.45) is 0 Å². The van der Waals surface area contributed by atoms with Crippen molar-refractivity contribution in [2.75, 3.05) is 6.54 Å². The summed E-state index contributed by atoms with van der Waals surface area (Å²) in [6.07, 6.45) is -0.0712. The van der Waals surface area contributed by atoms with Crippen LogP contribution in [0.3, 0.4) is 0 Å². The number of carbonyl (C=O) groups is 3. The largest absolute Gasteiger partial charge is 0.509 e. The van der Waals surface area contributed by atoms with E-state index in [4.69, 9.17) is 23.4 Å². The number of likely N-dealkylation sites (tertiary alicyclic amines) is 1. The van der Waals surface area contributed by atoms with Crippen molar-refractivity contribution in [3.8, 4) is 11.3 Å². The van der Waals surface area contributed by atoms with Gasteiger partial charge < -0.3 is 23.4 Å². The average Bonchev–Trinajstić information content (AvgIpc) is 3.36. The molecule has 0 bridgehead atoms. The lowest BCUT2D eigenvalue weighted by atomic mass is 9.99. The van der Waals surface area contributed by atoms with E-state index < -0.39 is 47.7 Å². The zero-order valence-electron chi connectivity index (χ0n) is 21.8. The molecule has 1 aliphatic rings. The third kappa shape index (κ3) is 7.47. The van der Waals surface area contributed by atoms with E-state index in [1.165, 1.54) is 18.2 Å². The predicted molar refractivity (Wildman–Crippen MR) is 129 cm³/mol. The van der Waals surface area contributed by atoms with Gasteiger partial charge in [0.25, 0.3) is 0 Å². The van der Waals surface area contributed by atoms with E-state index in [9.17, 15) is 14.4 Å². The summed E-state index contributed by atoms with van der Waals surface area (Å²) in [5.41, 5.74) is 0.185. The lowest BCUT2D eigenvalue weighted by Crippen LogP contribution is -2.45. The van der Waals surface area contributed by atoms with E-state index >= 15 is 0 Å². The molecule has 1 fully saturated rings. The Morgan fingerprint density at radius 2 is 1.64 bits per heavy atom. The van der Waals surface area contributed by atoms with Crippen molar-refractivity contribution in [2.45, 2.75) is 84.3 Å². The number of esters is 1. The number of nitrogens with zero attached hydrogens (tertiary/aromatic N) is 2. The Balaban J connectivity index is 1.89. The van der Waals surface area contributed by atoms with Crippen LogP contribution in [0, 0.1) is 0 Å². The van der Waals surface area contributed by atoms with E-state index in [1.807, 2.05) is 24.3 Å². The van der Waals surface area contributed by atoms with Crippen molar-refractivity contribution in [1.29, 1.82) is 0 Å². The van der Waals surface area contributed by atoms with Gasteiger partial charge in [-0.05, 0) is 53.5 Å². The molecule has 0 spiro atoms. The molecule has 36 heavy (non-hydrogen) atoms. The molecule has 1 aromatic carbocycles. The predicted octanol–water partition coefficient (Wildman–Crippen LogP) is 4.76. The number of amides is 1. The lowest BCUT2D eigenvalue weighted by molar-refractivity contribution is -0.153. The number of carbonyl (C=O) groups excluding carboxylic acids is 3. The zero-order chi connectivity index (χ0) is 26.7. The summed E-state index contributed by atoms with van der Waals surface area (Å²) in [6.45, 7) is 11.7. The highest BCUT2D eigenvalue weighted by atomic mass is 16.7. The highest BCUT2D eigenvalue weighted by Crippen LogP contribution is 2.30. The molecule has 1 aromatic heterocycles. The van der Waals surface area contributed by atoms with E-state index in [2.05, 4.69) is 4.98 Å². The molecule has 2 heterocycles. The molecule has 0 N–H and O–H groups in total. The number of benzene rings is 1. The molecule has 3 rings (SSSR count). The van der Waals surface area contributed by atoms with Crippen molar-refractivity contribution < 1.29 is 37.7 Å². The fourth-order valence-corrected chi connectivity index (χ4v) is 3.87. The van der Waals surface area contributed by atoms with Crippen LogP contribution in [0.4, 0.5) is 9.59 Å². The van der Waals surface area contributed by atoms with Gasteiger partial charge in [-0.25, -0.2) is 14.6 Å². The van der Waals surface area contributed by atoms with Crippen molar-refractivity contribution >= 4 is 18.2 Å². The second kappa shape index (κ2) is 10.6. The number of aromatic nitrogens is 1. The Labute approximate surface area is 210 Å². The number of ether oxygens (including phenoxy) is 4. The van der Waals surface area contributed by atoms with Crippen LogP contribution in [0.1, 0.15) is 54.0 Å². The summed E-state index contributed by atoms with van der Waals surface area (Å²) in [4.78, 5) is 42.9. The fraction of sp³-hybridized carbons (Fsp3) is 0.538. The smallest absolute Gasteiger partial charge is 0.456 e. The first kappa shape index (κ1) is 27.0. The Morgan fingerprint density at radius 3 is 2.17 bits per heavy atom. The van der Waals surface area contributed by atoms with Gasteiger partial charge in [0.2, 0.25) is 0 Å². The minimum Gasteiger partial charge on any atom is -0.456 e. The summed E-state index contributed by atoms with van der Waals surface area (Å²) < 4.78 is 27.3. The molecule has 1 amide bonds. The Kier molecular flexibility index (Phi) is 7.96. The first-order chi connectivity index (χ1) is 16.7. The van der Waals surface area contributed by atoms with Crippen LogP contribution < -0.4 is 0 Å². The second-order valence-electron chi connectivity index (χ2n) is 10.7. The van der Waals surface area contributed by atoms with Gasteiger partial charge in [-0.15, -0.1) is 0 Å². The van der Waals surface area contributed by atoms with Crippen molar-refractivity contribution in [3.63, 3.8) is 0 Å². The number of hydrogen-bond acceptors (Lipinski definition) is 9.